The van der Waals surface area contributed by atoms with E-state index in [4.69, 9.17) is 4.43 Å². The molecule has 0 fully saturated rings. The first-order valence-corrected chi connectivity index (χ1v) is 14.5. The second-order valence-electron chi connectivity index (χ2n) is 9.68. The highest BCUT2D eigenvalue weighted by Crippen LogP contribution is 2.39. The highest BCUT2D eigenvalue weighted by molar-refractivity contribution is 9.10. The monoisotopic (exact) mass is 550 g/mol. The van der Waals surface area contributed by atoms with Crippen molar-refractivity contribution in [1.82, 2.24) is 0 Å². The van der Waals surface area contributed by atoms with Crippen molar-refractivity contribution in [3.8, 4) is 23.3 Å². The third kappa shape index (κ3) is 4.66. The number of nitriles is 2. The Morgan fingerprint density at radius 2 is 1.28 bits per heavy atom. The predicted octanol–water partition coefficient (Wildman–Crippen LogP) is 6.94. The van der Waals surface area contributed by atoms with Crippen LogP contribution in [0, 0.1) is 22.7 Å². The number of nitrogens with zero attached hydrogens (tertiary/aromatic N) is 2. The molecule has 0 radical (unpaired) electrons. The van der Waals surface area contributed by atoms with Crippen LogP contribution in [0.2, 0.25) is 5.04 Å². The van der Waals surface area contributed by atoms with Gasteiger partial charge in [0.2, 0.25) is 0 Å². The third-order valence-electron chi connectivity index (χ3n) is 6.53. The van der Waals surface area contributed by atoms with Crippen LogP contribution < -0.4 is 10.4 Å². The summed E-state index contributed by atoms with van der Waals surface area (Å²) in [5.41, 5.74) is 3.42. The molecular weight excluding hydrogens is 524 g/mol. The molecule has 5 heteroatoms. The van der Waals surface area contributed by atoms with E-state index in [1.165, 1.54) is 10.4 Å². The summed E-state index contributed by atoms with van der Waals surface area (Å²) >= 11 is 3.70. The average Bonchev–Trinajstić information content (AvgIpc) is 2.90. The molecule has 4 aromatic carbocycles. The Hall–Kier alpha value is -3.48. The topological polar surface area (TPSA) is 56.8 Å². The molecule has 0 amide bonds. The van der Waals surface area contributed by atoms with E-state index < -0.39 is 8.32 Å². The molecule has 0 aliphatic carbocycles. The molecule has 0 saturated heterocycles. The molecule has 0 aliphatic rings. The molecule has 0 saturated carbocycles. The van der Waals surface area contributed by atoms with E-state index in [1.54, 1.807) is 6.07 Å². The Kier molecular flexibility index (Phi) is 7.57. The van der Waals surface area contributed by atoms with Gasteiger partial charge >= 0.3 is 0 Å². The van der Waals surface area contributed by atoms with Crippen molar-refractivity contribution in [2.75, 3.05) is 0 Å². The van der Waals surface area contributed by atoms with E-state index in [2.05, 4.69) is 97.4 Å². The van der Waals surface area contributed by atoms with Crippen molar-refractivity contribution in [3.63, 3.8) is 0 Å². The molecule has 0 bridgehead atoms. The van der Waals surface area contributed by atoms with Gasteiger partial charge in [0.15, 0.2) is 0 Å². The van der Waals surface area contributed by atoms with E-state index in [-0.39, 0.29) is 5.04 Å². The van der Waals surface area contributed by atoms with Gasteiger partial charge in [-0.25, -0.2) is 0 Å². The van der Waals surface area contributed by atoms with Crippen LogP contribution in [0.4, 0.5) is 0 Å². The summed E-state index contributed by atoms with van der Waals surface area (Å²) in [6.07, 6.45) is 0. The van der Waals surface area contributed by atoms with Crippen molar-refractivity contribution < 1.29 is 4.43 Å². The Balaban J connectivity index is 1.81. The second kappa shape index (κ2) is 10.6. The number of halogens is 1. The van der Waals surface area contributed by atoms with Gasteiger partial charge in [0, 0.05) is 15.6 Å². The van der Waals surface area contributed by atoms with E-state index in [1.807, 2.05) is 42.5 Å². The standard InChI is InChI=1S/C31H27BrN2OSi/c1-31(2,3)36(25-13-6-4-7-14-25,26-15-8-5-9-16-26)35-22-24-18-19-28(29(21-34)30(24)32)27-17-11-10-12-23(27)20-33/h4-19H,22H2,1-3H3. The molecule has 0 atom stereocenters. The molecule has 0 heterocycles. The van der Waals surface area contributed by atoms with Gasteiger partial charge in [0.1, 0.15) is 6.07 Å². The van der Waals surface area contributed by atoms with Crippen molar-refractivity contribution in [3.05, 3.63) is 118 Å². The Morgan fingerprint density at radius 1 is 0.722 bits per heavy atom. The van der Waals surface area contributed by atoms with Gasteiger partial charge in [0.25, 0.3) is 8.32 Å². The SMILES string of the molecule is CC(C)(C)[Si](OCc1ccc(-c2ccccc2C#N)c(C#N)c1Br)(c1ccccc1)c1ccccc1. The largest absolute Gasteiger partial charge is 0.403 e. The summed E-state index contributed by atoms with van der Waals surface area (Å²) in [4.78, 5) is 0. The maximum absolute atomic E-state index is 10.1. The van der Waals surface area contributed by atoms with Crippen molar-refractivity contribution in [2.24, 2.45) is 0 Å². The molecule has 0 unspecified atom stereocenters. The zero-order chi connectivity index (χ0) is 25.8. The lowest BCUT2D eigenvalue weighted by molar-refractivity contribution is 0.285. The molecule has 4 aromatic rings. The first kappa shape index (κ1) is 25.6. The number of rotatable bonds is 6. The van der Waals surface area contributed by atoms with Crippen LogP contribution in [0.1, 0.15) is 37.5 Å². The van der Waals surface area contributed by atoms with Crippen LogP contribution in [-0.2, 0) is 11.0 Å². The summed E-state index contributed by atoms with van der Waals surface area (Å²) < 4.78 is 7.77. The molecule has 0 aromatic heterocycles. The van der Waals surface area contributed by atoms with Gasteiger partial charge < -0.3 is 4.43 Å². The number of hydrogen-bond acceptors (Lipinski definition) is 3. The van der Waals surface area contributed by atoms with Crippen LogP contribution in [0.25, 0.3) is 11.1 Å². The lowest BCUT2D eigenvalue weighted by atomic mass is 9.95. The molecular formula is C31H27BrN2OSi. The van der Waals surface area contributed by atoms with Gasteiger partial charge in [-0.3, -0.25) is 0 Å². The normalized spacial score (nSPS) is 11.5. The molecule has 178 valence electrons. The fraction of sp³-hybridized carbons (Fsp3) is 0.161. The van der Waals surface area contributed by atoms with E-state index >= 15 is 0 Å². The quantitative estimate of drug-likeness (QED) is 0.244. The van der Waals surface area contributed by atoms with Gasteiger partial charge in [-0.15, -0.1) is 0 Å². The molecule has 4 rings (SSSR count). The summed E-state index contributed by atoms with van der Waals surface area (Å²) in [6, 6.07) is 36.9. The second-order valence-corrected chi connectivity index (χ2v) is 14.8. The minimum Gasteiger partial charge on any atom is -0.403 e. The smallest absolute Gasteiger partial charge is 0.261 e. The Bertz CT molecular complexity index is 1410. The van der Waals surface area contributed by atoms with Crippen molar-refractivity contribution >= 4 is 34.6 Å². The number of benzene rings is 4. The van der Waals surface area contributed by atoms with E-state index in [0.717, 1.165) is 16.7 Å². The zero-order valence-electron chi connectivity index (χ0n) is 20.6. The first-order chi connectivity index (χ1) is 17.3. The lowest BCUT2D eigenvalue weighted by Crippen LogP contribution is -2.66. The molecule has 3 nitrogen and oxygen atoms in total. The average molecular weight is 552 g/mol. The van der Waals surface area contributed by atoms with Crippen molar-refractivity contribution in [2.45, 2.75) is 32.4 Å². The van der Waals surface area contributed by atoms with Crippen LogP contribution in [0.3, 0.4) is 0 Å². The van der Waals surface area contributed by atoms with E-state index in [0.29, 0.717) is 22.2 Å². The summed E-state index contributed by atoms with van der Waals surface area (Å²) in [5, 5.41) is 21.9. The molecule has 0 spiro atoms. The predicted molar refractivity (Wildman–Crippen MR) is 151 cm³/mol. The van der Waals surface area contributed by atoms with Gasteiger partial charge in [-0.1, -0.05) is 112 Å². The van der Waals surface area contributed by atoms with E-state index in [9.17, 15) is 10.5 Å². The number of hydrogen-bond donors (Lipinski definition) is 0. The minimum atomic E-state index is -2.72. The highest BCUT2D eigenvalue weighted by atomic mass is 79.9. The molecule has 0 aliphatic heterocycles. The first-order valence-electron chi connectivity index (χ1n) is 11.8. The lowest BCUT2D eigenvalue weighted by Gasteiger charge is -2.43. The maximum Gasteiger partial charge on any atom is 0.261 e. The van der Waals surface area contributed by atoms with Crippen LogP contribution in [-0.4, -0.2) is 8.32 Å². The fourth-order valence-corrected chi connectivity index (χ4v) is 9.90. The van der Waals surface area contributed by atoms with Gasteiger partial charge in [-0.05, 0) is 43.0 Å². The third-order valence-corrected chi connectivity index (χ3v) is 12.4. The Labute approximate surface area is 222 Å². The van der Waals surface area contributed by atoms with Crippen LogP contribution in [0.15, 0.2) is 102 Å². The van der Waals surface area contributed by atoms with Crippen molar-refractivity contribution in [1.29, 1.82) is 10.5 Å². The summed E-state index contributed by atoms with van der Waals surface area (Å²) in [5.74, 6) is 0. The van der Waals surface area contributed by atoms with Gasteiger partial charge in [-0.2, -0.15) is 10.5 Å². The minimum absolute atomic E-state index is 0.147. The Morgan fingerprint density at radius 3 is 1.81 bits per heavy atom. The maximum atomic E-state index is 10.1. The molecule has 0 N–H and O–H groups in total. The summed E-state index contributed by atoms with van der Waals surface area (Å²) in [6.45, 7) is 7.09. The summed E-state index contributed by atoms with van der Waals surface area (Å²) in [7, 11) is -2.72. The van der Waals surface area contributed by atoms with Crippen LogP contribution >= 0.6 is 15.9 Å². The zero-order valence-corrected chi connectivity index (χ0v) is 23.2. The molecule has 36 heavy (non-hydrogen) atoms. The van der Waals surface area contributed by atoms with Crippen LogP contribution in [0.5, 0.6) is 0 Å². The highest BCUT2D eigenvalue weighted by Gasteiger charge is 2.50. The van der Waals surface area contributed by atoms with Gasteiger partial charge in [0.05, 0.1) is 23.8 Å². The fourth-order valence-electron chi connectivity index (χ4n) is 4.83.